The summed E-state index contributed by atoms with van der Waals surface area (Å²) >= 11 is 0. The molecule has 76 heavy (non-hydrogen) atoms. The minimum Gasteiger partial charge on any atom is -0.333 e. The van der Waals surface area contributed by atoms with Gasteiger partial charge in [0, 0.05) is 60.3 Å². The minimum atomic E-state index is -0.173. The molecule has 5 aliphatic rings. The van der Waals surface area contributed by atoms with Crippen LogP contribution < -0.4 is 9.80 Å². The van der Waals surface area contributed by atoms with Crippen LogP contribution in [0.15, 0.2) is 218 Å². The molecule has 0 aliphatic heterocycles. The second kappa shape index (κ2) is 15.7. The number of fused-ring (bicyclic) bond motifs is 13. The predicted molar refractivity (Wildman–Crippen MR) is 321 cm³/mol. The Morgan fingerprint density at radius 1 is 0.329 bits per heavy atom. The molecule has 0 saturated carbocycles. The van der Waals surface area contributed by atoms with Crippen LogP contribution in [0.4, 0.5) is 28.4 Å². The van der Waals surface area contributed by atoms with Crippen LogP contribution in [-0.4, -0.2) is 6.04 Å². The topological polar surface area (TPSA) is 6.48 Å². The van der Waals surface area contributed by atoms with Crippen LogP contribution in [0.2, 0.25) is 0 Å². The van der Waals surface area contributed by atoms with Gasteiger partial charge in [0.25, 0.3) is 0 Å². The van der Waals surface area contributed by atoms with Gasteiger partial charge in [-0.15, -0.1) is 0 Å². The van der Waals surface area contributed by atoms with Gasteiger partial charge in [0.05, 0.1) is 17.4 Å². The highest BCUT2D eigenvalue weighted by molar-refractivity contribution is 6.23. The Morgan fingerprint density at radius 2 is 0.711 bits per heavy atom. The van der Waals surface area contributed by atoms with Crippen molar-refractivity contribution in [3.63, 3.8) is 0 Å². The van der Waals surface area contributed by atoms with E-state index < -0.39 is 0 Å². The summed E-state index contributed by atoms with van der Waals surface area (Å²) in [5.74, 6) is 0. The molecule has 0 fully saturated rings. The Labute approximate surface area is 448 Å². The number of allylic oxidation sites excluding steroid dienone is 2. The molecule has 368 valence electrons. The fourth-order valence-electron chi connectivity index (χ4n) is 15.1. The van der Waals surface area contributed by atoms with Crippen molar-refractivity contribution in [2.24, 2.45) is 0 Å². The Balaban J connectivity index is 0.996. The summed E-state index contributed by atoms with van der Waals surface area (Å²) in [6.45, 7) is 19.3. The van der Waals surface area contributed by atoms with E-state index in [4.69, 9.17) is 0 Å². The summed E-state index contributed by atoms with van der Waals surface area (Å²) < 4.78 is 0. The van der Waals surface area contributed by atoms with Crippen molar-refractivity contribution in [2.75, 3.05) is 9.80 Å². The second-order valence-corrected chi connectivity index (χ2v) is 24.4. The summed E-state index contributed by atoms with van der Waals surface area (Å²) in [6, 6.07) is 76.8. The lowest BCUT2D eigenvalue weighted by Gasteiger charge is -2.39. The molecular formula is C74H62N2. The van der Waals surface area contributed by atoms with Crippen LogP contribution in [-0.2, 0) is 21.7 Å². The zero-order chi connectivity index (χ0) is 51.6. The van der Waals surface area contributed by atoms with Crippen molar-refractivity contribution in [3.8, 4) is 33.4 Å². The van der Waals surface area contributed by atoms with E-state index in [-0.39, 0.29) is 27.7 Å². The van der Waals surface area contributed by atoms with Crippen molar-refractivity contribution < 1.29 is 0 Å². The van der Waals surface area contributed by atoms with Crippen LogP contribution >= 0.6 is 0 Å². The van der Waals surface area contributed by atoms with E-state index >= 15 is 0 Å². The molecule has 0 N–H and O–H groups in total. The van der Waals surface area contributed by atoms with E-state index in [2.05, 4.69) is 278 Å². The highest BCUT2D eigenvalue weighted by atomic mass is 15.2. The molecule has 10 aromatic carbocycles. The molecule has 0 saturated heterocycles. The molecule has 2 heteroatoms. The maximum atomic E-state index is 2.73. The van der Waals surface area contributed by atoms with Crippen LogP contribution in [0.5, 0.6) is 0 Å². The first-order valence-electron chi connectivity index (χ1n) is 27.5. The summed E-state index contributed by atoms with van der Waals surface area (Å²) in [5, 5.41) is 4.89. The van der Waals surface area contributed by atoms with Crippen molar-refractivity contribution in [1.82, 2.24) is 0 Å². The average molecular weight is 979 g/mol. The van der Waals surface area contributed by atoms with E-state index in [9.17, 15) is 0 Å². The molecule has 1 atom stereocenters. The molecule has 0 amide bonds. The first kappa shape index (κ1) is 45.2. The van der Waals surface area contributed by atoms with E-state index in [1.807, 2.05) is 0 Å². The van der Waals surface area contributed by atoms with Crippen molar-refractivity contribution in [3.05, 3.63) is 262 Å². The Hall–Kier alpha value is -8.20. The van der Waals surface area contributed by atoms with Crippen molar-refractivity contribution >= 4 is 55.6 Å². The zero-order valence-electron chi connectivity index (χ0n) is 44.9. The van der Waals surface area contributed by atoms with Gasteiger partial charge in [-0.3, -0.25) is 0 Å². The Bertz CT molecular complexity index is 4060. The maximum absolute atomic E-state index is 2.73. The third kappa shape index (κ3) is 6.04. The van der Waals surface area contributed by atoms with Crippen molar-refractivity contribution in [2.45, 2.75) is 89.5 Å². The average Bonchev–Trinajstić information content (AvgIpc) is 4.09. The largest absolute Gasteiger partial charge is 0.333 e. The van der Waals surface area contributed by atoms with Gasteiger partial charge in [0.2, 0.25) is 0 Å². The predicted octanol–water partition coefficient (Wildman–Crippen LogP) is 19.6. The first-order chi connectivity index (χ1) is 36.7. The van der Waals surface area contributed by atoms with Gasteiger partial charge in [0.15, 0.2) is 0 Å². The van der Waals surface area contributed by atoms with Gasteiger partial charge in [-0.25, -0.2) is 0 Å². The normalized spacial score (nSPS) is 17.9. The van der Waals surface area contributed by atoms with Gasteiger partial charge >= 0.3 is 0 Å². The number of rotatable bonds is 6. The van der Waals surface area contributed by atoms with E-state index in [1.54, 1.807) is 0 Å². The number of anilines is 5. The van der Waals surface area contributed by atoms with E-state index in [0.29, 0.717) is 0 Å². The highest BCUT2D eigenvalue weighted by Crippen LogP contribution is 2.58. The quantitative estimate of drug-likeness (QED) is 0.121. The van der Waals surface area contributed by atoms with Gasteiger partial charge < -0.3 is 9.80 Å². The van der Waals surface area contributed by atoms with Crippen LogP contribution in [0.3, 0.4) is 0 Å². The SMILES string of the molecule is CC1(C)C2=C(C=CC(N(c3ccc4c(c3)-c3ccccc3C4(C)C)c3c4ccccc4c(N(c4ccc5c(c4)C(C)(C)c4ccccc4-5)c4ccc5c(c4)C(C)(C)c4ccccc4-5)c4ccccc34)C2)c2ccccc21. The lowest BCUT2D eigenvalue weighted by molar-refractivity contribution is 0.585. The Morgan fingerprint density at radius 3 is 1.22 bits per heavy atom. The van der Waals surface area contributed by atoms with Gasteiger partial charge in [-0.2, -0.15) is 0 Å². The van der Waals surface area contributed by atoms with Gasteiger partial charge in [0.1, 0.15) is 0 Å². The fraction of sp³-hybridized carbons (Fsp3) is 0.189. The van der Waals surface area contributed by atoms with E-state index in [0.717, 1.165) is 17.8 Å². The monoisotopic (exact) mass is 978 g/mol. The molecule has 0 spiro atoms. The third-order valence-electron chi connectivity index (χ3n) is 19.0. The molecule has 5 aliphatic carbocycles. The minimum absolute atomic E-state index is 0.0324. The number of hydrogen-bond donors (Lipinski definition) is 0. The van der Waals surface area contributed by atoms with Gasteiger partial charge in [-0.05, 0) is 132 Å². The zero-order valence-corrected chi connectivity index (χ0v) is 44.9. The lowest BCUT2D eigenvalue weighted by atomic mass is 9.77. The Kier molecular flexibility index (Phi) is 9.33. The fourth-order valence-corrected chi connectivity index (χ4v) is 15.1. The second-order valence-electron chi connectivity index (χ2n) is 24.4. The summed E-state index contributed by atoms with van der Waals surface area (Å²) in [6.07, 6.45) is 5.88. The summed E-state index contributed by atoms with van der Waals surface area (Å²) in [5.41, 5.74) is 27.3. The molecule has 2 nitrogen and oxygen atoms in total. The molecule has 0 bridgehead atoms. The molecule has 1 unspecified atom stereocenters. The van der Waals surface area contributed by atoms with Crippen LogP contribution in [0.25, 0.3) is 60.5 Å². The number of benzene rings is 10. The molecule has 10 aromatic rings. The lowest BCUT2D eigenvalue weighted by Crippen LogP contribution is -2.34. The third-order valence-corrected chi connectivity index (χ3v) is 19.0. The number of hydrogen-bond acceptors (Lipinski definition) is 2. The van der Waals surface area contributed by atoms with Gasteiger partial charge in [-0.1, -0.05) is 231 Å². The smallest absolute Gasteiger partial charge is 0.0619 e. The summed E-state index contributed by atoms with van der Waals surface area (Å²) in [4.78, 5) is 5.35. The molecular weight excluding hydrogens is 917 g/mol. The molecule has 0 radical (unpaired) electrons. The molecule has 15 rings (SSSR count). The number of nitrogens with zero attached hydrogens (tertiary/aromatic N) is 2. The van der Waals surface area contributed by atoms with Crippen LogP contribution in [0, 0.1) is 0 Å². The maximum Gasteiger partial charge on any atom is 0.0619 e. The first-order valence-corrected chi connectivity index (χ1v) is 27.5. The van der Waals surface area contributed by atoms with E-state index in [1.165, 1.54) is 128 Å². The van der Waals surface area contributed by atoms with Crippen LogP contribution in [0.1, 0.15) is 106 Å². The standard InChI is InChI=1S/C74H62N2/c1-71(2)64-32-20-16-24-52(64)60-41-45(36-40-65(60)71)75(46-33-37-53-49-21-13-17-29-61(49)72(3,4)66(53)42-46)69-56-25-9-11-27-58(56)70(59-28-12-10-26-57(59)69)76(47-34-38-54-50-22-14-18-30-62(50)73(5,6)67(54)43-47)48-35-39-55-51-23-15-19-31-63(51)74(7,8)68(55)44-48/h9-41,43-44,46H,42H2,1-8H3. The van der Waals surface area contributed by atoms with Crippen molar-refractivity contribution in [1.29, 1.82) is 0 Å². The molecule has 0 heterocycles. The molecule has 0 aromatic heterocycles. The summed E-state index contributed by atoms with van der Waals surface area (Å²) in [7, 11) is 0. The highest BCUT2D eigenvalue weighted by Gasteiger charge is 2.43.